The zero-order valence-electron chi connectivity index (χ0n) is 12.1. The minimum absolute atomic E-state index is 0.427. The molecular weight excluding hydrogens is 260 g/mol. The third-order valence-corrected chi connectivity index (χ3v) is 2.86. The molecule has 0 amide bonds. The fraction of sp³-hybridized carbons (Fsp3) is 0.533. The van der Waals surface area contributed by atoms with Gasteiger partial charge in [0.05, 0.1) is 0 Å². The third-order valence-electron chi connectivity index (χ3n) is 2.86. The SMILES string of the molecule is CC(C)CCNC(N)=NCCCc1cc(F)cc(F)c1. The van der Waals surface area contributed by atoms with Gasteiger partial charge < -0.3 is 11.1 Å². The molecule has 1 aromatic rings. The first kappa shape index (κ1) is 16.4. The van der Waals surface area contributed by atoms with E-state index in [0.29, 0.717) is 36.8 Å². The van der Waals surface area contributed by atoms with Gasteiger partial charge in [0.2, 0.25) is 0 Å². The number of nitrogens with zero attached hydrogens (tertiary/aromatic N) is 1. The van der Waals surface area contributed by atoms with Gasteiger partial charge in [0.1, 0.15) is 11.6 Å². The zero-order chi connectivity index (χ0) is 15.0. The second kappa shape index (κ2) is 8.51. The molecule has 3 N–H and O–H groups in total. The highest BCUT2D eigenvalue weighted by molar-refractivity contribution is 5.77. The summed E-state index contributed by atoms with van der Waals surface area (Å²) in [5, 5.41) is 3.04. The Labute approximate surface area is 119 Å². The van der Waals surface area contributed by atoms with E-state index in [4.69, 9.17) is 5.73 Å². The number of nitrogens with two attached hydrogens (primary N) is 1. The lowest BCUT2D eigenvalue weighted by molar-refractivity contribution is 0.575. The number of aryl methyl sites for hydroxylation is 1. The van der Waals surface area contributed by atoms with Crippen LogP contribution in [0.4, 0.5) is 8.78 Å². The monoisotopic (exact) mass is 283 g/mol. The van der Waals surface area contributed by atoms with Crippen molar-refractivity contribution in [3.63, 3.8) is 0 Å². The van der Waals surface area contributed by atoms with Crippen molar-refractivity contribution in [1.82, 2.24) is 5.32 Å². The molecule has 0 heterocycles. The van der Waals surface area contributed by atoms with E-state index in [9.17, 15) is 8.78 Å². The molecule has 0 aliphatic rings. The molecule has 0 atom stereocenters. The lowest BCUT2D eigenvalue weighted by Crippen LogP contribution is -2.33. The summed E-state index contributed by atoms with van der Waals surface area (Å²) in [4.78, 5) is 4.18. The van der Waals surface area contributed by atoms with Gasteiger partial charge in [0.15, 0.2) is 5.96 Å². The predicted molar refractivity (Wildman–Crippen MR) is 78.6 cm³/mol. The van der Waals surface area contributed by atoms with Gasteiger partial charge in [-0.2, -0.15) is 0 Å². The first-order valence-corrected chi connectivity index (χ1v) is 6.96. The molecule has 0 saturated heterocycles. The Morgan fingerprint density at radius 3 is 2.50 bits per heavy atom. The summed E-state index contributed by atoms with van der Waals surface area (Å²) >= 11 is 0. The second-order valence-corrected chi connectivity index (χ2v) is 5.26. The maximum Gasteiger partial charge on any atom is 0.188 e. The van der Waals surface area contributed by atoms with E-state index < -0.39 is 11.6 Å². The van der Waals surface area contributed by atoms with Gasteiger partial charge in [-0.15, -0.1) is 0 Å². The Kier molecular flexibility index (Phi) is 6.98. The number of hydrogen-bond acceptors (Lipinski definition) is 1. The third kappa shape index (κ3) is 7.07. The molecule has 0 aromatic heterocycles. The van der Waals surface area contributed by atoms with Gasteiger partial charge in [-0.3, -0.25) is 4.99 Å². The summed E-state index contributed by atoms with van der Waals surface area (Å²) in [5.41, 5.74) is 6.35. The van der Waals surface area contributed by atoms with E-state index in [1.807, 2.05) is 0 Å². The van der Waals surface area contributed by atoms with Crippen LogP contribution in [0.2, 0.25) is 0 Å². The predicted octanol–water partition coefficient (Wildman–Crippen LogP) is 2.85. The molecule has 5 heteroatoms. The topological polar surface area (TPSA) is 50.4 Å². The van der Waals surface area contributed by atoms with Crippen LogP contribution in [0.1, 0.15) is 32.3 Å². The Morgan fingerprint density at radius 1 is 1.25 bits per heavy atom. The van der Waals surface area contributed by atoms with Crippen molar-refractivity contribution in [3.05, 3.63) is 35.4 Å². The van der Waals surface area contributed by atoms with Crippen LogP contribution < -0.4 is 11.1 Å². The number of guanidine groups is 1. The summed E-state index contributed by atoms with van der Waals surface area (Å²) in [7, 11) is 0. The van der Waals surface area contributed by atoms with Crippen LogP contribution in [0.3, 0.4) is 0 Å². The molecule has 3 nitrogen and oxygen atoms in total. The van der Waals surface area contributed by atoms with Crippen LogP contribution in [0.15, 0.2) is 23.2 Å². The van der Waals surface area contributed by atoms with Crippen LogP contribution in [-0.2, 0) is 6.42 Å². The van der Waals surface area contributed by atoms with E-state index in [1.165, 1.54) is 12.1 Å². The highest BCUT2D eigenvalue weighted by Gasteiger charge is 2.00. The summed E-state index contributed by atoms with van der Waals surface area (Å²) in [6.45, 7) is 5.64. The van der Waals surface area contributed by atoms with Crippen LogP contribution in [0, 0.1) is 17.6 Å². The van der Waals surface area contributed by atoms with Crippen molar-refractivity contribution in [1.29, 1.82) is 0 Å². The fourth-order valence-corrected chi connectivity index (χ4v) is 1.78. The van der Waals surface area contributed by atoms with Gasteiger partial charge in [-0.05, 0) is 42.9 Å². The minimum atomic E-state index is -0.543. The average molecular weight is 283 g/mol. The first-order valence-electron chi connectivity index (χ1n) is 6.96. The number of nitrogens with one attached hydrogen (secondary N) is 1. The standard InChI is InChI=1S/C15H23F2N3/c1-11(2)5-7-20-15(18)19-6-3-4-12-8-13(16)10-14(17)9-12/h8-11H,3-7H2,1-2H3,(H3,18,19,20). The quantitative estimate of drug-likeness (QED) is 0.459. The normalized spacial score (nSPS) is 11.9. The Morgan fingerprint density at radius 2 is 1.90 bits per heavy atom. The average Bonchev–Trinajstić information content (AvgIpc) is 2.33. The number of aliphatic imine (C=N–C) groups is 1. The largest absolute Gasteiger partial charge is 0.370 e. The maximum absolute atomic E-state index is 13.0. The number of rotatable bonds is 7. The second-order valence-electron chi connectivity index (χ2n) is 5.26. The van der Waals surface area contributed by atoms with Crippen molar-refractivity contribution < 1.29 is 8.78 Å². The van der Waals surface area contributed by atoms with E-state index in [0.717, 1.165) is 19.0 Å². The number of hydrogen-bond donors (Lipinski definition) is 2. The lowest BCUT2D eigenvalue weighted by atomic mass is 10.1. The van der Waals surface area contributed by atoms with E-state index in [2.05, 4.69) is 24.2 Å². The van der Waals surface area contributed by atoms with E-state index in [1.54, 1.807) is 0 Å². The Hall–Kier alpha value is -1.65. The highest BCUT2D eigenvalue weighted by atomic mass is 19.1. The molecule has 0 bridgehead atoms. The Bertz CT molecular complexity index is 424. The van der Waals surface area contributed by atoms with Crippen molar-refractivity contribution in [2.24, 2.45) is 16.6 Å². The Balaban J connectivity index is 2.26. The molecule has 1 aromatic carbocycles. The van der Waals surface area contributed by atoms with Gasteiger partial charge in [-0.25, -0.2) is 8.78 Å². The lowest BCUT2D eigenvalue weighted by Gasteiger charge is -2.07. The van der Waals surface area contributed by atoms with Crippen molar-refractivity contribution in [2.45, 2.75) is 33.1 Å². The zero-order valence-corrected chi connectivity index (χ0v) is 12.1. The first-order chi connectivity index (χ1) is 9.47. The smallest absolute Gasteiger partial charge is 0.188 e. The van der Waals surface area contributed by atoms with E-state index >= 15 is 0 Å². The van der Waals surface area contributed by atoms with Gasteiger partial charge in [0.25, 0.3) is 0 Å². The van der Waals surface area contributed by atoms with Crippen molar-refractivity contribution in [2.75, 3.05) is 13.1 Å². The molecule has 0 spiro atoms. The van der Waals surface area contributed by atoms with Crippen molar-refractivity contribution >= 4 is 5.96 Å². The van der Waals surface area contributed by atoms with Crippen LogP contribution in [-0.4, -0.2) is 19.0 Å². The molecular formula is C15H23F2N3. The molecule has 20 heavy (non-hydrogen) atoms. The minimum Gasteiger partial charge on any atom is -0.370 e. The van der Waals surface area contributed by atoms with Gasteiger partial charge in [-0.1, -0.05) is 13.8 Å². The molecule has 0 radical (unpaired) electrons. The van der Waals surface area contributed by atoms with Gasteiger partial charge in [0, 0.05) is 19.2 Å². The van der Waals surface area contributed by atoms with E-state index in [-0.39, 0.29) is 0 Å². The van der Waals surface area contributed by atoms with Crippen LogP contribution >= 0.6 is 0 Å². The molecule has 0 aliphatic heterocycles. The molecule has 112 valence electrons. The van der Waals surface area contributed by atoms with Crippen LogP contribution in [0.5, 0.6) is 0 Å². The molecule has 0 saturated carbocycles. The number of halogens is 2. The summed E-state index contributed by atoms with van der Waals surface area (Å²) < 4.78 is 25.9. The summed E-state index contributed by atoms with van der Waals surface area (Å²) in [5.74, 6) is -0.0361. The van der Waals surface area contributed by atoms with Gasteiger partial charge >= 0.3 is 0 Å². The highest BCUT2D eigenvalue weighted by Crippen LogP contribution is 2.09. The van der Waals surface area contributed by atoms with Crippen molar-refractivity contribution in [3.8, 4) is 0 Å². The molecule has 0 unspecified atom stereocenters. The fourth-order valence-electron chi connectivity index (χ4n) is 1.78. The maximum atomic E-state index is 13.0. The summed E-state index contributed by atoms with van der Waals surface area (Å²) in [6.07, 6.45) is 2.33. The molecule has 1 rings (SSSR count). The number of benzene rings is 1. The summed E-state index contributed by atoms with van der Waals surface area (Å²) in [6, 6.07) is 3.56. The molecule has 0 fully saturated rings. The molecule has 0 aliphatic carbocycles. The van der Waals surface area contributed by atoms with Crippen LogP contribution in [0.25, 0.3) is 0 Å².